The molecule has 0 aliphatic rings. The van der Waals surface area contributed by atoms with Crippen LogP contribution in [0.5, 0.6) is 0 Å². The molecule has 3 heteroatoms. The zero-order chi connectivity index (χ0) is 15.5. The van der Waals surface area contributed by atoms with Gasteiger partial charge in [-0.1, -0.05) is 50.2 Å². The van der Waals surface area contributed by atoms with Crippen LogP contribution in [0.4, 0.5) is 4.39 Å². The maximum atomic E-state index is 13.5. The van der Waals surface area contributed by atoms with Gasteiger partial charge in [0.05, 0.1) is 0 Å². The lowest BCUT2D eigenvalue weighted by Gasteiger charge is -2.25. The van der Waals surface area contributed by atoms with E-state index in [4.69, 9.17) is 0 Å². The van der Waals surface area contributed by atoms with Crippen LogP contribution in [-0.4, -0.2) is 12.5 Å². The molecular formula is C18H20FNO. The predicted molar refractivity (Wildman–Crippen MR) is 82.9 cm³/mol. The lowest BCUT2D eigenvalue weighted by molar-refractivity contribution is 0.0945. The molecule has 0 aliphatic carbocycles. The van der Waals surface area contributed by atoms with Crippen LogP contribution in [0.1, 0.15) is 35.3 Å². The SMILES string of the molecule is Cc1ccc(C(=O)NCC(C)(C)c2ccccc2)cc1F. The van der Waals surface area contributed by atoms with Crippen molar-refractivity contribution in [2.75, 3.05) is 6.54 Å². The number of amides is 1. The Labute approximate surface area is 125 Å². The normalized spacial score (nSPS) is 11.2. The van der Waals surface area contributed by atoms with Crippen LogP contribution in [0.2, 0.25) is 0 Å². The first-order valence-corrected chi connectivity index (χ1v) is 7.00. The lowest BCUT2D eigenvalue weighted by atomic mass is 9.84. The Morgan fingerprint density at radius 2 is 1.81 bits per heavy atom. The summed E-state index contributed by atoms with van der Waals surface area (Å²) in [4.78, 5) is 12.1. The van der Waals surface area contributed by atoms with Gasteiger partial charge in [0.2, 0.25) is 0 Å². The van der Waals surface area contributed by atoms with E-state index in [2.05, 4.69) is 19.2 Å². The average molecular weight is 285 g/mol. The van der Waals surface area contributed by atoms with Crippen LogP contribution < -0.4 is 5.32 Å². The van der Waals surface area contributed by atoms with E-state index in [0.29, 0.717) is 17.7 Å². The number of aryl methyl sites for hydroxylation is 1. The molecule has 0 radical (unpaired) electrons. The second kappa shape index (κ2) is 6.08. The van der Waals surface area contributed by atoms with Crippen molar-refractivity contribution >= 4 is 5.91 Å². The van der Waals surface area contributed by atoms with Gasteiger partial charge in [-0.25, -0.2) is 4.39 Å². The quantitative estimate of drug-likeness (QED) is 0.908. The highest BCUT2D eigenvalue weighted by molar-refractivity contribution is 5.94. The minimum atomic E-state index is -0.357. The van der Waals surface area contributed by atoms with E-state index in [9.17, 15) is 9.18 Å². The van der Waals surface area contributed by atoms with Gasteiger partial charge in [-0.15, -0.1) is 0 Å². The summed E-state index contributed by atoms with van der Waals surface area (Å²) in [5, 5.41) is 2.88. The number of rotatable bonds is 4. The van der Waals surface area contributed by atoms with Crippen LogP contribution in [0.15, 0.2) is 48.5 Å². The first kappa shape index (κ1) is 15.2. The van der Waals surface area contributed by atoms with E-state index in [1.165, 1.54) is 6.07 Å². The van der Waals surface area contributed by atoms with Crippen molar-refractivity contribution in [1.29, 1.82) is 0 Å². The van der Waals surface area contributed by atoms with E-state index in [0.717, 1.165) is 5.56 Å². The summed E-state index contributed by atoms with van der Waals surface area (Å²) in [6, 6.07) is 14.5. The smallest absolute Gasteiger partial charge is 0.251 e. The number of benzene rings is 2. The Bertz CT molecular complexity index is 635. The Morgan fingerprint density at radius 1 is 1.14 bits per heavy atom. The number of halogens is 1. The van der Waals surface area contributed by atoms with E-state index >= 15 is 0 Å². The highest BCUT2D eigenvalue weighted by Crippen LogP contribution is 2.21. The third-order valence-corrected chi connectivity index (χ3v) is 3.68. The summed E-state index contributed by atoms with van der Waals surface area (Å²) in [7, 11) is 0. The molecule has 0 aliphatic heterocycles. The highest BCUT2D eigenvalue weighted by atomic mass is 19.1. The van der Waals surface area contributed by atoms with Crippen molar-refractivity contribution in [1.82, 2.24) is 5.32 Å². The van der Waals surface area contributed by atoms with Crippen LogP contribution in [0.25, 0.3) is 0 Å². The first-order chi connectivity index (χ1) is 9.90. The zero-order valence-electron chi connectivity index (χ0n) is 12.6. The summed E-state index contributed by atoms with van der Waals surface area (Å²) < 4.78 is 13.5. The molecule has 0 unspecified atom stereocenters. The van der Waals surface area contributed by atoms with E-state index in [1.807, 2.05) is 30.3 Å². The summed E-state index contributed by atoms with van der Waals surface area (Å²) in [6.07, 6.45) is 0. The molecule has 0 spiro atoms. The van der Waals surface area contributed by atoms with Gasteiger partial charge in [-0.2, -0.15) is 0 Å². The Hall–Kier alpha value is -2.16. The van der Waals surface area contributed by atoms with Crippen LogP contribution in [0, 0.1) is 12.7 Å². The number of nitrogens with one attached hydrogen (secondary N) is 1. The summed E-state index contributed by atoms with van der Waals surface area (Å²) in [5.74, 6) is -0.608. The second-order valence-corrected chi connectivity index (χ2v) is 5.90. The zero-order valence-corrected chi connectivity index (χ0v) is 12.6. The maximum Gasteiger partial charge on any atom is 0.251 e. The molecule has 2 rings (SSSR count). The molecule has 2 nitrogen and oxygen atoms in total. The van der Waals surface area contributed by atoms with Gasteiger partial charge in [0.25, 0.3) is 5.91 Å². The fourth-order valence-corrected chi connectivity index (χ4v) is 2.13. The van der Waals surface area contributed by atoms with E-state index in [-0.39, 0.29) is 17.1 Å². The number of carbonyl (C=O) groups excluding carboxylic acids is 1. The van der Waals surface area contributed by atoms with Crippen molar-refractivity contribution < 1.29 is 9.18 Å². The molecular weight excluding hydrogens is 265 g/mol. The van der Waals surface area contributed by atoms with E-state index < -0.39 is 0 Å². The Balaban J connectivity index is 2.05. The van der Waals surface area contributed by atoms with Gasteiger partial charge in [0.1, 0.15) is 5.82 Å². The van der Waals surface area contributed by atoms with Crippen molar-refractivity contribution in [3.8, 4) is 0 Å². The third-order valence-electron chi connectivity index (χ3n) is 3.68. The molecule has 0 atom stereocenters. The van der Waals surface area contributed by atoms with Crippen molar-refractivity contribution in [3.05, 3.63) is 71.0 Å². The summed E-state index contributed by atoms with van der Waals surface area (Å²) >= 11 is 0. The average Bonchev–Trinajstić information content (AvgIpc) is 2.48. The first-order valence-electron chi connectivity index (χ1n) is 7.00. The lowest BCUT2D eigenvalue weighted by Crippen LogP contribution is -2.36. The Kier molecular flexibility index (Phi) is 4.41. The van der Waals surface area contributed by atoms with Crippen LogP contribution in [0.3, 0.4) is 0 Å². The summed E-state index contributed by atoms with van der Waals surface area (Å²) in [5.41, 5.74) is 1.86. The molecule has 0 fully saturated rings. The van der Waals surface area contributed by atoms with Gasteiger partial charge in [0, 0.05) is 17.5 Å². The van der Waals surface area contributed by atoms with Gasteiger partial charge in [0.15, 0.2) is 0 Å². The monoisotopic (exact) mass is 285 g/mol. The number of hydrogen-bond donors (Lipinski definition) is 1. The van der Waals surface area contributed by atoms with Gasteiger partial charge >= 0.3 is 0 Å². The fourth-order valence-electron chi connectivity index (χ4n) is 2.13. The molecule has 2 aromatic rings. The summed E-state index contributed by atoms with van der Waals surface area (Å²) in [6.45, 7) is 6.30. The molecule has 21 heavy (non-hydrogen) atoms. The molecule has 0 bridgehead atoms. The minimum absolute atomic E-state index is 0.180. The topological polar surface area (TPSA) is 29.1 Å². The van der Waals surface area contributed by atoms with E-state index in [1.54, 1.807) is 19.1 Å². The molecule has 0 saturated carbocycles. The number of hydrogen-bond acceptors (Lipinski definition) is 1. The van der Waals surface area contributed by atoms with Gasteiger partial charge in [-0.3, -0.25) is 4.79 Å². The fraction of sp³-hybridized carbons (Fsp3) is 0.278. The number of carbonyl (C=O) groups is 1. The van der Waals surface area contributed by atoms with Crippen molar-refractivity contribution in [2.24, 2.45) is 0 Å². The molecule has 0 aromatic heterocycles. The van der Waals surface area contributed by atoms with Crippen LogP contribution in [-0.2, 0) is 5.41 Å². The molecule has 110 valence electrons. The molecule has 2 aromatic carbocycles. The second-order valence-electron chi connectivity index (χ2n) is 5.90. The van der Waals surface area contributed by atoms with Crippen LogP contribution >= 0.6 is 0 Å². The molecule has 0 saturated heterocycles. The third kappa shape index (κ3) is 3.69. The highest BCUT2D eigenvalue weighted by Gasteiger charge is 2.21. The molecule has 1 N–H and O–H groups in total. The largest absolute Gasteiger partial charge is 0.351 e. The maximum absolute atomic E-state index is 13.5. The van der Waals surface area contributed by atoms with Gasteiger partial charge < -0.3 is 5.32 Å². The predicted octanol–water partition coefficient (Wildman–Crippen LogP) is 3.84. The Morgan fingerprint density at radius 3 is 2.43 bits per heavy atom. The van der Waals surface area contributed by atoms with Crippen molar-refractivity contribution in [3.63, 3.8) is 0 Å². The molecule has 1 amide bonds. The van der Waals surface area contributed by atoms with Crippen molar-refractivity contribution in [2.45, 2.75) is 26.2 Å². The minimum Gasteiger partial charge on any atom is -0.351 e. The standard InChI is InChI=1S/C18H20FNO/c1-13-9-10-14(11-16(13)19)17(21)20-12-18(2,3)15-7-5-4-6-8-15/h4-11H,12H2,1-3H3,(H,20,21). The van der Waals surface area contributed by atoms with Gasteiger partial charge in [-0.05, 0) is 30.2 Å². The molecule has 0 heterocycles.